The molecule has 0 saturated carbocycles. The molecule has 0 aromatic rings. The van der Waals surface area contributed by atoms with Gasteiger partial charge in [-0.3, -0.25) is 0 Å². The Labute approximate surface area is 60.2 Å². The molecule has 0 saturated heterocycles. The van der Waals surface area contributed by atoms with E-state index in [-0.39, 0.29) is 0 Å². The van der Waals surface area contributed by atoms with Gasteiger partial charge in [0.25, 0.3) is 0 Å². The van der Waals surface area contributed by atoms with Gasteiger partial charge in [-0.2, -0.15) is 0 Å². The van der Waals surface area contributed by atoms with Gasteiger partial charge >= 0.3 is 5.97 Å². The van der Waals surface area contributed by atoms with Crippen molar-refractivity contribution in [1.82, 2.24) is 0 Å². The molecule has 1 rings (SSSR count). The summed E-state index contributed by atoms with van der Waals surface area (Å²) in [5.74, 6) is -0.774. The van der Waals surface area contributed by atoms with Crippen LogP contribution in [-0.4, -0.2) is 36.2 Å². The predicted molar refractivity (Wildman–Crippen MR) is 37.3 cm³/mol. The lowest BCUT2D eigenvalue weighted by molar-refractivity contribution is -0.832. The Morgan fingerprint density at radius 2 is 2.30 bits per heavy atom. The van der Waals surface area contributed by atoms with Crippen LogP contribution in [0.3, 0.4) is 0 Å². The molecule has 3 nitrogen and oxygen atoms in total. The third kappa shape index (κ3) is 1.36. The van der Waals surface area contributed by atoms with Crippen LogP contribution in [0.4, 0.5) is 0 Å². The first kappa shape index (κ1) is 7.28. The van der Waals surface area contributed by atoms with Crippen molar-refractivity contribution in [2.45, 2.75) is 6.42 Å². The van der Waals surface area contributed by atoms with E-state index >= 15 is 0 Å². The van der Waals surface area contributed by atoms with E-state index in [9.17, 15) is 4.79 Å². The van der Waals surface area contributed by atoms with Gasteiger partial charge in [0.1, 0.15) is 6.20 Å². The molecular formula is C7H12NO2+. The van der Waals surface area contributed by atoms with E-state index in [1.54, 1.807) is 6.20 Å². The highest BCUT2D eigenvalue weighted by Gasteiger charge is 2.25. The van der Waals surface area contributed by atoms with Crippen LogP contribution in [0.1, 0.15) is 6.42 Å². The third-order valence-electron chi connectivity index (χ3n) is 1.74. The highest BCUT2D eigenvalue weighted by molar-refractivity contribution is 5.86. The maximum absolute atomic E-state index is 10.4. The Morgan fingerprint density at radius 3 is 2.50 bits per heavy atom. The first-order valence-electron chi connectivity index (χ1n) is 3.29. The molecule has 10 heavy (non-hydrogen) atoms. The molecule has 0 atom stereocenters. The van der Waals surface area contributed by atoms with E-state index in [4.69, 9.17) is 5.11 Å². The van der Waals surface area contributed by atoms with Gasteiger partial charge < -0.3 is 9.59 Å². The largest absolute Gasteiger partial charge is 0.478 e. The minimum Gasteiger partial charge on any atom is -0.478 e. The number of aliphatic carboxylic acids is 1. The van der Waals surface area contributed by atoms with Gasteiger partial charge in [-0.05, 0) is 0 Å². The summed E-state index contributed by atoms with van der Waals surface area (Å²) in [6.45, 7) is 0.904. The summed E-state index contributed by atoms with van der Waals surface area (Å²) in [6, 6.07) is 0. The van der Waals surface area contributed by atoms with Gasteiger partial charge in [-0.15, -0.1) is 0 Å². The van der Waals surface area contributed by atoms with Crippen LogP contribution in [0.2, 0.25) is 0 Å². The number of carboxylic acids is 1. The normalized spacial score (nSPS) is 22.4. The van der Waals surface area contributed by atoms with Gasteiger partial charge in [0.2, 0.25) is 0 Å². The van der Waals surface area contributed by atoms with Crippen molar-refractivity contribution in [3.05, 3.63) is 11.8 Å². The Morgan fingerprint density at radius 1 is 1.70 bits per heavy atom. The SMILES string of the molecule is C[N+]1(C)C=C(C(=O)O)CC1. The monoisotopic (exact) mass is 142 g/mol. The van der Waals surface area contributed by atoms with Crippen molar-refractivity contribution < 1.29 is 14.4 Å². The van der Waals surface area contributed by atoms with Crippen LogP contribution >= 0.6 is 0 Å². The Bertz CT molecular complexity index is 194. The zero-order chi connectivity index (χ0) is 7.78. The molecule has 0 aromatic carbocycles. The first-order valence-corrected chi connectivity index (χ1v) is 3.29. The molecule has 1 N–H and O–H groups in total. The summed E-state index contributed by atoms with van der Waals surface area (Å²) in [6.07, 6.45) is 2.49. The quantitative estimate of drug-likeness (QED) is 0.539. The number of rotatable bonds is 1. The summed E-state index contributed by atoms with van der Waals surface area (Å²) in [5, 5.41) is 8.57. The van der Waals surface area contributed by atoms with Crippen molar-refractivity contribution in [2.75, 3.05) is 20.6 Å². The summed E-state index contributed by atoms with van der Waals surface area (Å²) >= 11 is 0. The van der Waals surface area contributed by atoms with Gasteiger partial charge in [-0.1, -0.05) is 0 Å². The Balaban J connectivity index is 2.76. The van der Waals surface area contributed by atoms with Crippen molar-refractivity contribution in [3.63, 3.8) is 0 Å². The molecule has 0 spiro atoms. The van der Waals surface area contributed by atoms with E-state index in [1.807, 2.05) is 14.1 Å². The molecular weight excluding hydrogens is 130 g/mol. The van der Waals surface area contributed by atoms with Crippen molar-refractivity contribution in [3.8, 4) is 0 Å². The minimum absolute atomic E-state index is 0.546. The first-order chi connectivity index (χ1) is 4.51. The zero-order valence-corrected chi connectivity index (χ0v) is 6.29. The van der Waals surface area contributed by atoms with Crippen LogP contribution in [0.15, 0.2) is 11.8 Å². The fourth-order valence-electron chi connectivity index (χ4n) is 1.12. The van der Waals surface area contributed by atoms with Crippen LogP contribution < -0.4 is 0 Å². The lowest BCUT2D eigenvalue weighted by Gasteiger charge is -2.18. The third-order valence-corrected chi connectivity index (χ3v) is 1.74. The van der Waals surface area contributed by atoms with Crippen LogP contribution in [-0.2, 0) is 4.79 Å². The van der Waals surface area contributed by atoms with Gasteiger partial charge in [0.05, 0.1) is 26.2 Å². The van der Waals surface area contributed by atoms with Crippen molar-refractivity contribution in [2.24, 2.45) is 0 Å². The molecule has 56 valence electrons. The maximum Gasteiger partial charge on any atom is 0.337 e. The van der Waals surface area contributed by atoms with E-state index in [0.717, 1.165) is 6.54 Å². The number of quaternary nitrogens is 1. The summed E-state index contributed by atoms with van der Waals surface area (Å²) < 4.78 is 0.696. The number of hydrogen-bond donors (Lipinski definition) is 1. The molecule has 3 heteroatoms. The minimum atomic E-state index is -0.774. The number of carbonyl (C=O) groups is 1. The van der Waals surface area contributed by atoms with E-state index in [0.29, 0.717) is 16.5 Å². The molecule has 0 fully saturated rings. The summed E-state index contributed by atoms with van der Waals surface area (Å²) in [4.78, 5) is 10.4. The molecule has 1 aliphatic rings. The van der Waals surface area contributed by atoms with E-state index in [1.165, 1.54) is 0 Å². The van der Waals surface area contributed by atoms with E-state index in [2.05, 4.69) is 0 Å². The second kappa shape index (κ2) is 2.09. The van der Waals surface area contributed by atoms with E-state index < -0.39 is 5.97 Å². The highest BCUT2D eigenvalue weighted by Crippen LogP contribution is 2.17. The maximum atomic E-state index is 10.4. The number of carboxylic acid groups (broad SMARTS) is 1. The molecule has 0 bridgehead atoms. The highest BCUT2D eigenvalue weighted by atomic mass is 16.4. The molecule has 1 aliphatic heterocycles. The summed E-state index contributed by atoms with van der Waals surface area (Å²) in [7, 11) is 3.99. The van der Waals surface area contributed by atoms with Crippen molar-refractivity contribution >= 4 is 5.97 Å². The summed E-state index contributed by atoms with van der Waals surface area (Å²) in [5.41, 5.74) is 0.546. The molecule has 0 amide bonds. The van der Waals surface area contributed by atoms with Gasteiger partial charge in [0.15, 0.2) is 0 Å². The Hall–Kier alpha value is -0.830. The van der Waals surface area contributed by atoms with Gasteiger partial charge in [-0.25, -0.2) is 4.79 Å². The second-order valence-corrected chi connectivity index (χ2v) is 3.21. The van der Waals surface area contributed by atoms with Crippen molar-refractivity contribution in [1.29, 1.82) is 0 Å². The molecule has 1 heterocycles. The van der Waals surface area contributed by atoms with Crippen LogP contribution in [0.25, 0.3) is 0 Å². The van der Waals surface area contributed by atoms with Crippen LogP contribution in [0.5, 0.6) is 0 Å². The lowest BCUT2D eigenvalue weighted by atomic mass is 10.2. The predicted octanol–water partition coefficient (Wildman–Crippen LogP) is 0.435. The molecule has 0 aliphatic carbocycles. The fourth-order valence-corrected chi connectivity index (χ4v) is 1.12. The zero-order valence-electron chi connectivity index (χ0n) is 6.29. The fraction of sp³-hybridized carbons (Fsp3) is 0.571. The Kier molecular flexibility index (Phi) is 1.52. The smallest absolute Gasteiger partial charge is 0.337 e. The lowest BCUT2D eigenvalue weighted by Crippen LogP contribution is -2.30. The molecule has 0 unspecified atom stereocenters. The average molecular weight is 142 g/mol. The van der Waals surface area contributed by atoms with Gasteiger partial charge in [0, 0.05) is 6.42 Å². The second-order valence-electron chi connectivity index (χ2n) is 3.21. The number of nitrogens with zero attached hydrogens (tertiary/aromatic N) is 1. The number of hydrogen-bond acceptors (Lipinski definition) is 1. The molecule has 0 aromatic heterocycles. The van der Waals surface area contributed by atoms with Crippen LogP contribution in [0, 0.1) is 0 Å². The molecule has 0 radical (unpaired) electrons. The standard InChI is InChI=1S/C7H11NO2/c1-8(2)4-3-6(5-8)7(9)10/h5H,3-4H2,1-2H3/p+1. The topological polar surface area (TPSA) is 37.3 Å². The average Bonchev–Trinajstić information content (AvgIpc) is 2.10.